The largest absolute Gasteiger partial charge is 0.418 e. The van der Waals surface area contributed by atoms with Gasteiger partial charge in [0, 0.05) is 11.6 Å². The first-order valence-electron chi connectivity index (χ1n) is 8.08. The average molecular weight is 427 g/mol. The van der Waals surface area contributed by atoms with Crippen LogP contribution in [-0.4, -0.2) is 26.6 Å². The van der Waals surface area contributed by atoms with Crippen molar-refractivity contribution in [3.8, 4) is 0 Å². The fourth-order valence-corrected chi connectivity index (χ4v) is 2.77. The molecule has 0 spiro atoms. The summed E-state index contributed by atoms with van der Waals surface area (Å²) in [5, 5.41) is 8.83. The number of aromatic nitrogens is 3. The molecule has 28 heavy (non-hydrogen) atoms. The number of hydrogen-bond donors (Lipinski definition) is 3. The number of nitrogens with one attached hydrogen (secondary N) is 3. The van der Waals surface area contributed by atoms with E-state index >= 15 is 0 Å². The van der Waals surface area contributed by atoms with Gasteiger partial charge in [-0.15, -0.1) is 0 Å². The first-order valence-corrected chi connectivity index (χ1v) is 8.87. The molecule has 0 saturated carbocycles. The van der Waals surface area contributed by atoms with Crippen LogP contribution in [0.2, 0.25) is 5.02 Å². The Kier molecular flexibility index (Phi) is 5.80. The highest BCUT2D eigenvalue weighted by Crippen LogP contribution is 2.37. The Morgan fingerprint density at radius 1 is 1.14 bits per heavy atom. The lowest BCUT2D eigenvalue weighted by Crippen LogP contribution is -2.28. The van der Waals surface area contributed by atoms with E-state index in [2.05, 4.69) is 30.9 Å². The van der Waals surface area contributed by atoms with Crippen molar-refractivity contribution in [1.82, 2.24) is 20.3 Å². The quantitative estimate of drug-likeness (QED) is 0.520. The third-order valence-electron chi connectivity index (χ3n) is 3.54. The molecule has 0 fully saturated rings. The maximum atomic E-state index is 13.2. The molecule has 0 aliphatic heterocycles. The van der Waals surface area contributed by atoms with E-state index in [1.807, 2.05) is 6.92 Å². The van der Waals surface area contributed by atoms with Crippen LogP contribution in [-0.2, 0) is 6.18 Å². The molecule has 3 aromatic rings. The minimum Gasteiger partial charge on any atom is -0.363 e. The Labute approximate surface area is 168 Å². The molecule has 0 amide bonds. The Morgan fingerprint density at radius 3 is 2.61 bits per heavy atom. The molecule has 0 aliphatic rings. The Hall–Kier alpha value is -2.72. The van der Waals surface area contributed by atoms with Gasteiger partial charge in [-0.2, -0.15) is 13.2 Å². The van der Waals surface area contributed by atoms with Crippen LogP contribution >= 0.6 is 23.8 Å². The molecule has 11 heteroatoms. The SMILES string of the molecule is CCNC(=S)Nc1ccc2ncc(Nc3ccc(Cl)cc3C(F)(F)F)nc2n1. The monoisotopic (exact) mass is 426 g/mol. The van der Waals surface area contributed by atoms with Crippen LogP contribution in [0.5, 0.6) is 0 Å². The van der Waals surface area contributed by atoms with Crippen molar-refractivity contribution >= 4 is 57.4 Å². The molecule has 2 aromatic heterocycles. The van der Waals surface area contributed by atoms with Gasteiger partial charge in [-0.3, -0.25) is 0 Å². The van der Waals surface area contributed by atoms with Crippen LogP contribution in [0.15, 0.2) is 36.5 Å². The lowest BCUT2D eigenvalue weighted by molar-refractivity contribution is -0.136. The topological polar surface area (TPSA) is 74.8 Å². The number of nitrogens with zero attached hydrogens (tertiary/aromatic N) is 3. The van der Waals surface area contributed by atoms with Crippen LogP contribution in [0, 0.1) is 0 Å². The van der Waals surface area contributed by atoms with E-state index in [9.17, 15) is 13.2 Å². The van der Waals surface area contributed by atoms with Crippen molar-refractivity contribution in [3.63, 3.8) is 0 Å². The molecule has 3 rings (SSSR count). The van der Waals surface area contributed by atoms with Gasteiger partial charge in [-0.05, 0) is 49.5 Å². The highest BCUT2D eigenvalue weighted by atomic mass is 35.5. The number of anilines is 3. The van der Waals surface area contributed by atoms with Gasteiger partial charge in [0.05, 0.1) is 17.4 Å². The minimum absolute atomic E-state index is 0.0171. The van der Waals surface area contributed by atoms with E-state index in [-0.39, 0.29) is 22.2 Å². The molecule has 1 aromatic carbocycles. The zero-order valence-corrected chi connectivity index (χ0v) is 16.0. The van der Waals surface area contributed by atoms with Gasteiger partial charge >= 0.3 is 6.18 Å². The van der Waals surface area contributed by atoms with Crippen LogP contribution in [0.25, 0.3) is 11.2 Å². The molecule has 0 atom stereocenters. The summed E-state index contributed by atoms with van der Waals surface area (Å²) in [6.07, 6.45) is -3.25. The van der Waals surface area contributed by atoms with E-state index in [4.69, 9.17) is 23.8 Å². The van der Waals surface area contributed by atoms with Crippen molar-refractivity contribution < 1.29 is 13.2 Å². The molecule has 2 heterocycles. The highest BCUT2D eigenvalue weighted by molar-refractivity contribution is 7.80. The summed E-state index contributed by atoms with van der Waals surface area (Å²) in [6, 6.07) is 6.79. The number of pyridine rings is 1. The van der Waals surface area contributed by atoms with Crippen molar-refractivity contribution in [2.24, 2.45) is 0 Å². The molecular weight excluding hydrogens is 413 g/mol. The number of fused-ring (bicyclic) bond motifs is 1. The van der Waals surface area contributed by atoms with E-state index in [0.717, 1.165) is 6.07 Å². The standard InChI is InChI=1S/C17H14ClF3N6S/c1-2-22-16(28)27-13-6-5-12-15(25-13)26-14(8-23-12)24-11-4-3-9(18)7-10(11)17(19,20)21/h3-8H,2H2,1H3,(H3,22,24,25,26,27,28). The first-order chi connectivity index (χ1) is 13.3. The summed E-state index contributed by atoms with van der Waals surface area (Å²) in [5.74, 6) is 0.548. The molecule has 0 saturated heterocycles. The molecule has 6 nitrogen and oxygen atoms in total. The van der Waals surface area contributed by atoms with Crippen molar-refractivity contribution in [2.45, 2.75) is 13.1 Å². The lowest BCUT2D eigenvalue weighted by Gasteiger charge is -2.14. The number of rotatable bonds is 4. The second-order valence-electron chi connectivity index (χ2n) is 5.59. The fraction of sp³-hybridized carbons (Fsp3) is 0.176. The summed E-state index contributed by atoms with van der Waals surface area (Å²) < 4.78 is 39.7. The third kappa shape index (κ3) is 4.76. The molecule has 0 unspecified atom stereocenters. The maximum absolute atomic E-state index is 13.2. The smallest absolute Gasteiger partial charge is 0.363 e. The van der Waals surface area contributed by atoms with E-state index in [1.54, 1.807) is 12.1 Å². The Bertz CT molecular complexity index is 1030. The number of thiocarbonyl (C=S) groups is 1. The normalized spacial score (nSPS) is 11.3. The summed E-state index contributed by atoms with van der Waals surface area (Å²) in [4.78, 5) is 12.7. The van der Waals surface area contributed by atoms with Gasteiger partial charge in [0.15, 0.2) is 16.6 Å². The number of alkyl halides is 3. The van der Waals surface area contributed by atoms with Crippen LogP contribution in [0.4, 0.5) is 30.5 Å². The summed E-state index contributed by atoms with van der Waals surface area (Å²) in [7, 11) is 0. The van der Waals surface area contributed by atoms with Gasteiger partial charge < -0.3 is 16.0 Å². The van der Waals surface area contributed by atoms with E-state index in [1.165, 1.54) is 18.3 Å². The van der Waals surface area contributed by atoms with E-state index < -0.39 is 11.7 Å². The summed E-state index contributed by atoms with van der Waals surface area (Å²) in [6.45, 7) is 2.55. The maximum Gasteiger partial charge on any atom is 0.418 e. The second kappa shape index (κ2) is 8.11. The highest BCUT2D eigenvalue weighted by Gasteiger charge is 2.34. The van der Waals surface area contributed by atoms with Crippen LogP contribution in [0.1, 0.15) is 12.5 Å². The van der Waals surface area contributed by atoms with Gasteiger partial charge in [-0.25, -0.2) is 15.0 Å². The Morgan fingerprint density at radius 2 is 1.89 bits per heavy atom. The molecule has 146 valence electrons. The van der Waals surface area contributed by atoms with Crippen molar-refractivity contribution in [2.75, 3.05) is 17.2 Å². The zero-order chi connectivity index (χ0) is 20.3. The predicted molar refractivity (Wildman–Crippen MR) is 107 cm³/mol. The molecule has 3 N–H and O–H groups in total. The number of benzene rings is 1. The average Bonchev–Trinajstić information content (AvgIpc) is 2.62. The number of halogens is 4. The van der Waals surface area contributed by atoms with Gasteiger partial charge in [0.2, 0.25) is 0 Å². The van der Waals surface area contributed by atoms with Crippen molar-refractivity contribution in [3.05, 3.63) is 47.1 Å². The summed E-state index contributed by atoms with van der Waals surface area (Å²) in [5.41, 5.74) is -0.358. The number of hydrogen-bond acceptors (Lipinski definition) is 5. The molecule has 0 aliphatic carbocycles. The van der Waals surface area contributed by atoms with Gasteiger partial charge in [-0.1, -0.05) is 11.6 Å². The molecule has 0 radical (unpaired) electrons. The third-order valence-corrected chi connectivity index (χ3v) is 4.02. The summed E-state index contributed by atoms with van der Waals surface area (Å²) >= 11 is 10.8. The fourth-order valence-electron chi connectivity index (χ4n) is 2.35. The second-order valence-corrected chi connectivity index (χ2v) is 6.44. The van der Waals surface area contributed by atoms with Gasteiger partial charge in [0.25, 0.3) is 0 Å². The van der Waals surface area contributed by atoms with Gasteiger partial charge in [0.1, 0.15) is 11.3 Å². The van der Waals surface area contributed by atoms with Crippen LogP contribution < -0.4 is 16.0 Å². The Balaban J connectivity index is 1.91. The first kappa shape index (κ1) is 20.0. The lowest BCUT2D eigenvalue weighted by atomic mass is 10.1. The molecule has 0 bridgehead atoms. The minimum atomic E-state index is -4.57. The van der Waals surface area contributed by atoms with E-state index in [0.29, 0.717) is 23.0 Å². The molecular formula is C17H14ClF3N6S. The van der Waals surface area contributed by atoms with Crippen molar-refractivity contribution in [1.29, 1.82) is 0 Å². The zero-order valence-electron chi connectivity index (χ0n) is 14.4. The predicted octanol–water partition coefficient (Wildman–Crippen LogP) is 4.75. The van der Waals surface area contributed by atoms with Crippen LogP contribution in [0.3, 0.4) is 0 Å².